The predicted molar refractivity (Wildman–Crippen MR) is 83.2 cm³/mol. The lowest BCUT2D eigenvalue weighted by Crippen LogP contribution is -2.34. The highest BCUT2D eigenvalue weighted by Crippen LogP contribution is 2.19. The van der Waals surface area contributed by atoms with Gasteiger partial charge in [0.2, 0.25) is 11.8 Å². The van der Waals surface area contributed by atoms with E-state index in [0.717, 1.165) is 0 Å². The first kappa shape index (κ1) is 16.0. The summed E-state index contributed by atoms with van der Waals surface area (Å²) in [5.74, 6) is -1.28. The van der Waals surface area contributed by atoms with E-state index in [1.807, 2.05) is 0 Å². The largest absolute Gasteiger partial charge is 0.347 e. The Morgan fingerprint density at radius 3 is 2.41 bits per heavy atom. The van der Waals surface area contributed by atoms with Crippen molar-refractivity contribution in [1.82, 2.24) is 5.32 Å². The third-order valence-electron chi connectivity index (χ3n) is 2.90. The zero-order valence-electron chi connectivity index (χ0n) is 11.6. The van der Waals surface area contributed by atoms with E-state index in [1.165, 1.54) is 12.1 Å². The molecular formula is C16H14ClFN2O2. The smallest absolute Gasteiger partial charge is 0.243 e. The van der Waals surface area contributed by atoms with Crippen LogP contribution in [0.15, 0.2) is 48.5 Å². The molecule has 2 amide bonds. The summed E-state index contributed by atoms with van der Waals surface area (Å²) in [6.07, 6.45) is -0.119. The summed E-state index contributed by atoms with van der Waals surface area (Å²) in [6.45, 7) is -0.210. The van der Waals surface area contributed by atoms with Gasteiger partial charge in [-0.2, -0.15) is 0 Å². The molecule has 2 aromatic rings. The number of carbonyl (C=O) groups is 2. The van der Waals surface area contributed by atoms with E-state index in [-0.39, 0.29) is 18.5 Å². The molecule has 6 heteroatoms. The second kappa shape index (κ2) is 7.56. The van der Waals surface area contributed by atoms with Gasteiger partial charge >= 0.3 is 0 Å². The SMILES string of the molecule is O=C(Cc1ccccc1F)NCC(=O)Nc1ccccc1Cl. The Morgan fingerprint density at radius 2 is 1.68 bits per heavy atom. The van der Waals surface area contributed by atoms with Crippen LogP contribution in [0.3, 0.4) is 0 Å². The Morgan fingerprint density at radius 1 is 1.00 bits per heavy atom. The molecule has 0 aliphatic carbocycles. The summed E-state index contributed by atoms with van der Waals surface area (Å²) < 4.78 is 13.4. The van der Waals surface area contributed by atoms with Gasteiger partial charge in [0.1, 0.15) is 5.82 Å². The fourth-order valence-corrected chi connectivity index (χ4v) is 2.00. The van der Waals surface area contributed by atoms with E-state index in [0.29, 0.717) is 10.7 Å². The second-order valence-corrected chi connectivity index (χ2v) is 4.98. The van der Waals surface area contributed by atoms with Gasteiger partial charge in [0.25, 0.3) is 0 Å². The number of hydrogen-bond acceptors (Lipinski definition) is 2. The Bertz CT molecular complexity index is 632. The molecular weight excluding hydrogens is 307 g/mol. The van der Waals surface area contributed by atoms with Crippen LogP contribution in [0.4, 0.5) is 10.1 Å². The van der Waals surface area contributed by atoms with Crippen LogP contribution in [0.2, 0.25) is 5.02 Å². The molecule has 0 aliphatic heterocycles. The van der Waals surface area contributed by atoms with Crippen molar-refractivity contribution in [2.75, 3.05) is 11.9 Å². The molecule has 0 heterocycles. The maximum absolute atomic E-state index is 13.4. The average Bonchev–Trinajstić information content (AvgIpc) is 2.50. The summed E-state index contributed by atoms with van der Waals surface area (Å²) in [5.41, 5.74) is 0.754. The predicted octanol–water partition coefficient (Wildman–Crippen LogP) is 2.78. The van der Waals surface area contributed by atoms with Gasteiger partial charge in [-0.15, -0.1) is 0 Å². The molecule has 114 valence electrons. The molecule has 0 saturated carbocycles. The average molecular weight is 321 g/mol. The summed E-state index contributed by atoms with van der Waals surface area (Å²) >= 11 is 5.91. The van der Waals surface area contributed by atoms with Crippen LogP contribution in [0.1, 0.15) is 5.56 Å². The summed E-state index contributed by atoms with van der Waals surface area (Å²) in [5, 5.41) is 5.43. The van der Waals surface area contributed by atoms with Crippen molar-refractivity contribution in [2.24, 2.45) is 0 Å². The van der Waals surface area contributed by atoms with Crippen LogP contribution in [0.25, 0.3) is 0 Å². The molecule has 0 spiro atoms. The minimum Gasteiger partial charge on any atom is -0.347 e. The molecule has 2 N–H and O–H groups in total. The molecule has 0 bridgehead atoms. The van der Waals surface area contributed by atoms with E-state index in [1.54, 1.807) is 36.4 Å². The highest BCUT2D eigenvalue weighted by molar-refractivity contribution is 6.33. The van der Waals surface area contributed by atoms with Crippen molar-refractivity contribution >= 4 is 29.1 Å². The Kier molecular flexibility index (Phi) is 5.49. The van der Waals surface area contributed by atoms with Gasteiger partial charge in [-0.05, 0) is 23.8 Å². The quantitative estimate of drug-likeness (QED) is 0.890. The topological polar surface area (TPSA) is 58.2 Å². The van der Waals surface area contributed by atoms with Crippen LogP contribution in [0.5, 0.6) is 0 Å². The normalized spacial score (nSPS) is 10.1. The standard InChI is InChI=1S/C16H14ClFN2O2/c17-12-6-2-4-8-14(12)20-16(22)10-19-15(21)9-11-5-1-3-7-13(11)18/h1-8H,9-10H2,(H,19,21)(H,20,22). The van der Waals surface area contributed by atoms with E-state index < -0.39 is 17.6 Å². The summed E-state index contributed by atoms with van der Waals surface area (Å²) in [6, 6.07) is 12.8. The van der Waals surface area contributed by atoms with Gasteiger partial charge < -0.3 is 10.6 Å². The van der Waals surface area contributed by atoms with Crippen molar-refractivity contribution in [3.8, 4) is 0 Å². The number of anilines is 1. The number of halogens is 2. The number of carbonyl (C=O) groups excluding carboxylic acids is 2. The monoisotopic (exact) mass is 320 g/mol. The van der Waals surface area contributed by atoms with Gasteiger partial charge in [0.15, 0.2) is 0 Å². The van der Waals surface area contributed by atoms with E-state index in [4.69, 9.17) is 11.6 Å². The Balaban J connectivity index is 1.82. The Hall–Kier alpha value is -2.40. The van der Waals surface area contributed by atoms with E-state index >= 15 is 0 Å². The van der Waals surface area contributed by atoms with Gasteiger partial charge in [-0.3, -0.25) is 9.59 Å². The minimum absolute atomic E-state index is 0.119. The van der Waals surface area contributed by atoms with Crippen LogP contribution >= 0.6 is 11.6 Å². The van der Waals surface area contributed by atoms with Crippen molar-refractivity contribution in [1.29, 1.82) is 0 Å². The number of nitrogens with one attached hydrogen (secondary N) is 2. The number of para-hydroxylation sites is 1. The first-order chi connectivity index (χ1) is 10.6. The fraction of sp³-hybridized carbons (Fsp3) is 0.125. The third kappa shape index (κ3) is 4.56. The lowest BCUT2D eigenvalue weighted by Gasteiger charge is -2.08. The van der Waals surface area contributed by atoms with Crippen LogP contribution in [0, 0.1) is 5.82 Å². The molecule has 22 heavy (non-hydrogen) atoms. The number of benzene rings is 2. The van der Waals surface area contributed by atoms with E-state index in [9.17, 15) is 14.0 Å². The zero-order valence-corrected chi connectivity index (χ0v) is 12.4. The van der Waals surface area contributed by atoms with Gasteiger partial charge in [0, 0.05) is 0 Å². The molecule has 0 aliphatic rings. The molecule has 0 aromatic heterocycles. The molecule has 2 aromatic carbocycles. The van der Waals surface area contributed by atoms with Crippen molar-refractivity contribution in [2.45, 2.75) is 6.42 Å². The Labute approximate surface area is 132 Å². The summed E-state index contributed by atoms with van der Waals surface area (Å²) in [7, 11) is 0. The maximum atomic E-state index is 13.4. The second-order valence-electron chi connectivity index (χ2n) is 4.57. The van der Waals surface area contributed by atoms with Crippen LogP contribution in [-0.4, -0.2) is 18.4 Å². The molecule has 0 unspecified atom stereocenters. The lowest BCUT2D eigenvalue weighted by molar-refractivity contribution is -0.123. The molecule has 2 rings (SSSR count). The molecule has 0 radical (unpaired) electrons. The molecule has 4 nitrogen and oxygen atoms in total. The first-order valence-electron chi connectivity index (χ1n) is 6.61. The molecule has 0 saturated heterocycles. The highest BCUT2D eigenvalue weighted by atomic mass is 35.5. The highest BCUT2D eigenvalue weighted by Gasteiger charge is 2.10. The van der Waals surface area contributed by atoms with Gasteiger partial charge in [-0.25, -0.2) is 4.39 Å². The summed E-state index contributed by atoms with van der Waals surface area (Å²) in [4.78, 5) is 23.4. The van der Waals surface area contributed by atoms with Crippen molar-refractivity contribution < 1.29 is 14.0 Å². The number of rotatable bonds is 5. The van der Waals surface area contributed by atoms with Crippen molar-refractivity contribution in [3.05, 3.63) is 64.9 Å². The zero-order chi connectivity index (χ0) is 15.9. The van der Waals surface area contributed by atoms with Gasteiger partial charge in [0.05, 0.1) is 23.7 Å². The maximum Gasteiger partial charge on any atom is 0.243 e. The van der Waals surface area contributed by atoms with Crippen LogP contribution < -0.4 is 10.6 Å². The van der Waals surface area contributed by atoms with Crippen LogP contribution in [-0.2, 0) is 16.0 Å². The minimum atomic E-state index is -0.446. The molecule has 0 fully saturated rings. The van der Waals surface area contributed by atoms with Gasteiger partial charge in [-0.1, -0.05) is 41.9 Å². The number of hydrogen-bond donors (Lipinski definition) is 2. The fourth-order valence-electron chi connectivity index (χ4n) is 1.81. The van der Waals surface area contributed by atoms with E-state index in [2.05, 4.69) is 10.6 Å². The molecule has 0 atom stereocenters. The lowest BCUT2D eigenvalue weighted by atomic mass is 10.1. The third-order valence-corrected chi connectivity index (χ3v) is 3.23. The first-order valence-corrected chi connectivity index (χ1v) is 6.98. The van der Waals surface area contributed by atoms with Crippen molar-refractivity contribution in [3.63, 3.8) is 0 Å². The number of amides is 2.